The largest absolute Gasteiger partial charge is 0.314 e. The summed E-state index contributed by atoms with van der Waals surface area (Å²) in [6.45, 7) is 10.3. The number of hydrogen-bond acceptors (Lipinski definition) is 1. The van der Waals surface area contributed by atoms with E-state index in [4.69, 9.17) is 6.42 Å². The van der Waals surface area contributed by atoms with Gasteiger partial charge in [0.1, 0.15) is 0 Å². The Morgan fingerprint density at radius 2 is 2.06 bits per heavy atom. The molecule has 0 radical (unpaired) electrons. The first kappa shape index (κ1) is 13.6. The van der Waals surface area contributed by atoms with Gasteiger partial charge < -0.3 is 5.32 Å². The van der Waals surface area contributed by atoms with Crippen molar-refractivity contribution in [2.45, 2.75) is 59.4 Å². The first-order valence-corrected chi connectivity index (χ1v) is 6.61. The molecule has 0 amide bonds. The van der Waals surface area contributed by atoms with E-state index < -0.39 is 0 Å². The molecule has 0 heterocycles. The van der Waals surface area contributed by atoms with Gasteiger partial charge in [-0.25, -0.2) is 0 Å². The molecule has 16 heavy (non-hydrogen) atoms. The molecule has 92 valence electrons. The fraction of sp³-hybridized carbons (Fsp3) is 0.867. The van der Waals surface area contributed by atoms with Crippen LogP contribution in [0.1, 0.15) is 53.4 Å². The molecule has 1 N–H and O–H groups in total. The van der Waals surface area contributed by atoms with Crippen molar-refractivity contribution < 1.29 is 0 Å². The zero-order valence-electron chi connectivity index (χ0n) is 11.3. The van der Waals surface area contributed by atoms with Gasteiger partial charge in [-0.1, -0.05) is 27.7 Å². The van der Waals surface area contributed by atoms with Crippen LogP contribution < -0.4 is 5.32 Å². The molecule has 2 atom stereocenters. The van der Waals surface area contributed by atoms with E-state index >= 15 is 0 Å². The lowest BCUT2D eigenvalue weighted by Gasteiger charge is -2.40. The Kier molecular flexibility index (Phi) is 4.87. The summed E-state index contributed by atoms with van der Waals surface area (Å²) in [6.07, 6.45) is 10.4. The highest BCUT2D eigenvalue weighted by atomic mass is 14.9. The Balaban J connectivity index is 2.52. The van der Waals surface area contributed by atoms with Gasteiger partial charge in [0.25, 0.3) is 0 Å². The SMILES string of the molecule is C#CCC1CC(C)(C)CCC1CNC(C)C. The van der Waals surface area contributed by atoms with Gasteiger partial charge in [0.15, 0.2) is 0 Å². The number of terminal acetylenes is 1. The van der Waals surface area contributed by atoms with Crippen LogP contribution in [0.3, 0.4) is 0 Å². The quantitative estimate of drug-likeness (QED) is 0.717. The van der Waals surface area contributed by atoms with Crippen LogP contribution in [0, 0.1) is 29.6 Å². The molecule has 0 bridgehead atoms. The van der Waals surface area contributed by atoms with Gasteiger partial charge in [-0.15, -0.1) is 12.3 Å². The first-order chi connectivity index (χ1) is 7.44. The maximum absolute atomic E-state index is 5.50. The summed E-state index contributed by atoms with van der Waals surface area (Å²) in [5.41, 5.74) is 0.496. The number of rotatable bonds is 4. The summed E-state index contributed by atoms with van der Waals surface area (Å²) in [5, 5.41) is 3.56. The van der Waals surface area contributed by atoms with Crippen LogP contribution in [0.25, 0.3) is 0 Å². The lowest BCUT2D eigenvalue weighted by Crippen LogP contribution is -2.37. The fourth-order valence-corrected chi connectivity index (χ4v) is 2.84. The van der Waals surface area contributed by atoms with Crippen molar-refractivity contribution in [2.75, 3.05) is 6.54 Å². The molecule has 2 unspecified atom stereocenters. The van der Waals surface area contributed by atoms with Crippen LogP contribution in [-0.2, 0) is 0 Å². The van der Waals surface area contributed by atoms with Gasteiger partial charge in [0.05, 0.1) is 0 Å². The zero-order valence-corrected chi connectivity index (χ0v) is 11.3. The van der Waals surface area contributed by atoms with Crippen molar-refractivity contribution in [1.82, 2.24) is 5.32 Å². The number of nitrogens with one attached hydrogen (secondary N) is 1. The molecule has 1 heteroatoms. The van der Waals surface area contributed by atoms with Crippen LogP contribution in [0.2, 0.25) is 0 Å². The van der Waals surface area contributed by atoms with Crippen LogP contribution >= 0.6 is 0 Å². The third-order valence-corrected chi connectivity index (χ3v) is 3.84. The predicted molar refractivity (Wildman–Crippen MR) is 71.2 cm³/mol. The van der Waals surface area contributed by atoms with E-state index in [2.05, 4.69) is 38.9 Å². The van der Waals surface area contributed by atoms with Crippen molar-refractivity contribution in [2.24, 2.45) is 17.3 Å². The smallest absolute Gasteiger partial charge is 0.0118 e. The van der Waals surface area contributed by atoms with Gasteiger partial charge in [-0.3, -0.25) is 0 Å². The molecule has 0 aromatic rings. The van der Waals surface area contributed by atoms with E-state index in [1.165, 1.54) is 19.3 Å². The molecule has 1 nitrogen and oxygen atoms in total. The third-order valence-electron chi connectivity index (χ3n) is 3.84. The highest BCUT2D eigenvalue weighted by molar-refractivity contribution is 4.94. The Bertz CT molecular complexity index is 245. The Labute approximate surface area is 101 Å². The second-order valence-electron chi connectivity index (χ2n) is 6.40. The van der Waals surface area contributed by atoms with Gasteiger partial charge in [0.2, 0.25) is 0 Å². The molecule has 0 aromatic heterocycles. The average Bonchev–Trinajstić information content (AvgIpc) is 2.15. The van der Waals surface area contributed by atoms with Crippen molar-refractivity contribution in [3.8, 4) is 12.3 Å². The summed E-state index contributed by atoms with van der Waals surface area (Å²) in [7, 11) is 0. The first-order valence-electron chi connectivity index (χ1n) is 6.61. The van der Waals surface area contributed by atoms with E-state index in [0.29, 0.717) is 11.5 Å². The third kappa shape index (κ3) is 4.18. The molecular formula is C15H27N. The molecule has 0 aliphatic heterocycles. The Morgan fingerprint density at radius 3 is 2.62 bits per heavy atom. The van der Waals surface area contributed by atoms with Crippen molar-refractivity contribution >= 4 is 0 Å². The predicted octanol–water partition coefficient (Wildman–Crippen LogP) is 3.45. The Morgan fingerprint density at radius 1 is 1.38 bits per heavy atom. The lowest BCUT2D eigenvalue weighted by molar-refractivity contribution is 0.118. The molecule has 0 spiro atoms. The van der Waals surface area contributed by atoms with E-state index in [0.717, 1.165) is 24.8 Å². The highest BCUT2D eigenvalue weighted by Gasteiger charge is 2.33. The second kappa shape index (κ2) is 5.73. The summed E-state index contributed by atoms with van der Waals surface area (Å²) in [6, 6.07) is 0.585. The standard InChI is InChI=1S/C15H27N/c1-6-7-13-10-15(4,5)9-8-14(13)11-16-12(2)3/h1,12-14,16H,7-11H2,2-5H3. The normalized spacial score (nSPS) is 29.0. The summed E-state index contributed by atoms with van der Waals surface area (Å²) in [4.78, 5) is 0. The lowest BCUT2D eigenvalue weighted by atomic mass is 9.66. The minimum absolute atomic E-state index is 0.496. The maximum Gasteiger partial charge on any atom is 0.0118 e. The van der Waals surface area contributed by atoms with Crippen molar-refractivity contribution in [3.63, 3.8) is 0 Å². The van der Waals surface area contributed by atoms with E-state index in [1.807, 2.05) is 0 Å². The van der Waals surface area contributed by atoms with Crippen LogP contribution in [-0.4, -0.2) is 12.6 Å². The minimum atomic E-state index is 0.496. The number of hydrogen-bond donors (Lipinski definition) is 1. The van der Waals surface area contributed by atoms with Gasteiger partial charge in [-0.05, 0) is 43.1 Å². The van der Waals surface area contributed by atoms with Crippen LogP contribution in [0.15, 0.2) is 0 Å². The summed E-state index contributed by atoms with van der Waals surface area (Å²) in [5.74, 6) is 4.37. The molecule has 1 saturated carbocycles. The second-order valence-corrected chi connectivity index (χ2v) is 6.40. The van der Waals surface area contributed by atoms with E-state index in [9.17, 15) is 0 Å². The topological polar surface area (TPSA) is 12.0 Å². The monoisotopic (exact) mass is 221 g/mol. The van der Waals surface area contributed by atoms with Gasteiger partial charge in [0, 0.05) is 12.5 Å². The molecule has 1 aliphatic carbocycles. The molecule has 1 fully saturated rings. The maximum atomic E-state index is 5.50. The molecule has 0 aromatic carbocycles. The van der Waals surface area contributed by atoms with Crippen LogP contribution in [0.4, 0.5) is 0 Å². The zero-order chi connectivity index (χ0) is 12.2. The fourth-order valence-electron chi connectivity index (χ4n) is 2.84. The highest BCUT2D eigenvalue weighted by Crippen LogP contribution is 2.42. The van der Waals surface area contributed by atoms with E-state index in [-0.39, 0.29) is 0 Å². The van der Waals surface area contributed by atoms with E-state index in [1.54, 1.807) is 0 Å². The van der Waals surface area contributed by atoms with Crippen LogP contribution in [0.5, 0.6) is 0 Å². The molecule has 1 rings (SSSR count). The van der Waals surface area contributed by atoms with Crippen molar-refractivity contribution in [1.29, 1.82) is 0 Å². The summed E-state index contributed by atoms with van der Waals surface area (Å²) >= 11 is 0. The Hall–Kier alpha value is -0.480. The molecule has 1 aliphatic rings. The summed E-state index contributed by atoms with van der Waals surface area (Å²) < 4.78 is 0. The molecule has 0 saturated heterocycles. The minimum Gasteiger partial charge on any atom is -0.314 e. The van der Waals surface area contributed by atoms with Gasteiger partial charge in [-0.2, -0.15) is 0 Å². The van der Waals surface area contributed by atoms with Crippen molar-refractivity contribution in [3.05, 3.63) is 0 Å². The average molecular weight is 221 g/mol. The molecular weight excluding hydrogens is 194 g/mol. The van der Waals surface area contributed by atoms with Gasteiger partial charge >= 0.3 is 0 Å².